The summed E-state index contributed by atoms with van der Waals surface area (Å²) >= 11 is 0. The van der Waals surface area contributed by atoms with Crippen LogP contribution in [-0.2, 0) is 0 Å². The lowest BCUT2D eigenvalue weighted by Gasteiger charge is -2.45. The van der Waals surface area contributed by atoms with Crippen LogP contribution in [0.5, 0.6) is 0 Å². The van der Waals surface area contributed by atoms with Crippen molar-refractivity contribution in [3.63, 3.8) is 0 Å². The average Bonchev–Trinajstić information content (AvgIpc) is 2.45. The lowest BCUT2D eigenvalue weighted by Crippen LogP contribution is -2.53. The third-order valence-corrected chi connectivity index (χ3v) is 4.31. The molecule has 6 heteroatoms. The molecule has 0 spiro atoms. The highest BCUT2D eigenvalue weighted by Crippen LogP contribution is 2.31. The summed E-state index contributed by atoms with van der Waals surface area (Å²) in [5.74, 6) is -3.40. The zero-order valence-electron chi connectivity index (χ0n) is 10.9. The second-order valence-corrected chi connectivity index (χ2v) is 5.48. The Hall–Kier alpha value is -1.69. The van der Waals surface area contributed by atoms with Gasteiger partial charge in [0.05, 0.1) is 11.3 Å². The lowest BCUT2D eigenvalue weighted by molar-refractivity contribution is 0.0690. The van der Waals surface area contributed by atoms with Crippen molar-refractivity contribution in [2.24, 2.45) is 5.92 Å². The minimum Gasteiger partial charge on any atom is -0.478 e. The van der Waals surface area contributed by atoms with Gasteiger partial charge in [-0.1, -0.05) is 0 Å². The van der Waals surface area contributed by atoms with Crippen LogP contribution >= 0.6 is 0 Å². The van der Waals surface area contributed by atoms with E-state index in [-0.39, 0.29) is 11.7 Å². The number of carboxylic acid groups (broad SMARTS) is 1. The maximum atomic E-state index is 13.9. The number of anilines is 1. The molecule has 2 bridgehead atoms. The van der Waals surface area contributed by atoms with Crippen molar-refractivity contribution in [2.75, 3.05) is 25.0 Å². The highest BCUT2D eigenvalue weighted by atomic mass is 19.2. The number of benzene rings is 1. The predicted octanol–water partition coefficient (Wildman–Crippen LogP) is 2.17. The van der Waals surface area contributed by atoms with E-state index >= 15 is 0 Å². The monoisotopic (exact) mass is 282 g/mol. The zero-order valence-corrected chi connectivity index (χ0v) is 10.9. The minimum absolute atomic E-state index is 0.0475. The van der Waals surface area contributed by atoms with Crippen LogP contribution in [0.3, 0.4) is 0 Å². The summed E-state index contributed by atoms with van der Waals surface area (Å²) in [5, 5.41) is 11.8. The van der Waals surface area contributed by atoms with Gasteiger partial charge in [-0.2, -0.15) is 0 Å². The minimum atomic E-state index is -1.46. The molecule has 3 aliphatic heterocycles. The lowest BCUT2D eigenvalue weighted by atomic mass is 9.84. The maximum Gasteiger partial charge on any atom is 0.338 e. The second kappa shape index (κ2) is 5.01. The van der Waals surface area contributed by atoms with Crippen LogP contribution in [0.25, 0.3) is 0 Å². The summed E-state index contributed by atoms with van der Waals surface area (Å²) in [5.41, 5.74) is -0.590. The van der Waals surface area contributed by atoms with Crippen molar-refractivity contribution >= 4 is 11.7 Å². The largest absolute Gasteiger partial charge is 0.478 e. The van der Waals surface area contributed by atoms with Crippen molar-refractivity contribution in [1.29, 1.82) is 0 Å². The summed E-state index contributed by atoms with van der Waals surface area (Å²) in [4.78, 5) is 13.0. The van der Waals surface area contributed by atoms with E-state index in [4.69, 9.17) is 5.11 Å². The molecular formula is C14H16F2N2O2. The summed E-state index contributed by atoms with van der Waals surface area (Å²) < 4.78 is 27.6. The summed E-state index contributed by atoms with van der Waals surface area (Å²) in [6.07, 6.45) is 2.13. The van der Waals surface area contributed by atoms with Crippen LogP contribution in [0.2, 0.25) is 0 Å². The quantitative estimate of drug-likeness (QED) is 0.892. The fraction of sp³-hybridized carbons (Fsp3) is 0.500. The molecule has 3 fully saturated rings. The molecule has 4 rings (SSSR count). The van der Waals surface area contributed by atoms with Crippen LogP contribution in [0.15, 0.2) is 12.1 Å². The van der Waals surface area contributed by atoms with Gasteiger partial charge in [-0.05, 0) is 44.0 Å². The van der Waals surface area contributed by atoms with E-state index < -0.39 is 23.2 Å². The third kappa shape index (κ3) is 2.24. The highest BCUT2D eigenvalue weighted by Gasteiger charge is 2.34. The Bertz CT molecular complexity index is 542. The number of hydrogen-bond acceptors (Lipinski definition) is 3. The van der Waals surface area contributed by atoms with Gasteiger partial charge in [0.15, 0.2) is 11.6 Å². The van der Waals surface area contributed by atoms with Crippen LogP contribution < -0.4 is 5.32 Å². The van der Waals surface area contributed by atoms with Gasteiger partial charge in [0.25, 0.3) is 0 Å². The van der Waals surface area contributed by atoms with E-state index in [2.05, 4.69) is 10.2 Å². The molecule has 0 aliphatic carbocycles. The molecule has 20 heavy (non-hydrogen) atoms. The molecule has 3 heterocycles. The number of carbonyl (C=O) groups is 1. The molecule has 1 aromatic rings. The number of piperidine rings is 3. The molecule has 0 amide bonds. The number of aromatic carboxylic acids is 1. The average molecular weight is 282 g/mol. The van der Waals surface area contributed by atoms with Crippen molar-refractivity contribution in [3.05, 3.63) is 29.3 Å². The standard InChI is InChI=1S/C14H16F2N2O2/c15-12-9(14(19)20)1-2-10(13(12)16)17-11-7-18-5-3-8(11)4-6-18/h1-2,8,11,17H,3-7H2,(H,19,20). The Labute approximate surface area is 115 Å². The van der Waals surface area contributed by atoms with Crippen LogP contribution in [0, 0.1) is 17.6 Å². The van der Waals surface area contributed by atoms with E-state index in [9.17, 15) is 13.6 Å². The van der Waals surface area contributed by atoms with E-state index in [1.807, 2.05) is 0 Å². The van der Waals surface area contributed by atoms with Gasteiger partial charge >= 0.3 is 5.97 Å². The third-order valence-electron chi connectivity index (χ3n) is 4.31. The Morgan fingerprint density at radius 3 is 2.50 bits per heavy atom. The molecule has 3 aliphatic rings. The Morgan fingerprint density at radius 2 is 1.95 bits per heavy atom. The zero-order chi connectivity index (χ0) is 14.3. The molecule has 2 N–H and O–H groups in total. The smallest absolute Gasteiger partial charge is 0.338 e. The van der Waals surface area contributed by atoms with E-state index in [1.165, 1.54) is 6.07 Å². The Balaban J connectivity index is 1.81. The molecule has 0 radical (unpaired) electrons. The van der Waals surface area contributed by atoms with Gasteiger partial charge in [0.1, 0.15) is 0 Å². The highest BCUT2D eigenvalue weighted by molar-refractivity contribution is 5.88. The van der Waals surface area contributed by atoms with Gasteiger partial charge in [-0.25, -0.2) is 13.6 Å². The Kier molecular flexibility index (Phi) is 3.33. The topological polar surface area (TPSA) is 52.6 Å². The van der Waals surface area contributed by atoms with Crippen molar-refractivity contribution in [1.82, 2.24) is 4.90 Å². The Morgan fingerprint density at radius 1 is 1.25 bits per heavy atom. The van der Waals surface area contributed by atoms with Gasteiger partial charge in [-0.3, -0.25) is 0 Å². The number of halogens is 2. The molecule has 108 valence electrons. The number of nitrogens with one attached hydrogen (secondary N) is 1. The number of rotatable bonds is 3. The van der Waals surface area contributed by atoms with Crippen LogP contribution in [0.1, 0.15) is 23.2 Å². The summed E-state index contributed by atoms with van der Waals surface area (Å²) in [7, 11) is 0. The number of hydrogen-bond donors (Lipinski definition) is 2. The number of nitrogens with zero attached hydrogens (tertiary/aromatic N) is 1. The van der Waals surface area contributed by atoms with E-state index in [0.717, 1.165) is 38.5 Å². The van der Waals surface area contributed by atoms with Crippen molar-refractivity contribution in [3.8, 4) is 0 Å². The predicted molar refractivity (Wildman–Crippen MR) is 69.9 cm³/mol. The van der Waals surface area contributed by atoms with Crippen molar-refractivity contribution in [2.45, 2.75) is 18.9 Å². The molecule has 0 saturated carbocycles. The van der Waals surface area contributed by atoms with Crippen LogP contribution in [-0.4, -0.2) is 41.7 Å². The summed E-state index contributed by atoms with van der Waals surface area (Å²) in [6, 6.07) is 2.51. The molecule has 1 atom stereocenters. The number of carboxylic acids is 1. The molecule has 3 saturated heterocycles. The first-order valence-corrected chi connectivity index (χ1v) is 6.76. The molecular weight excluding hydrogens is 266 g/mol. The molecule has 4 nitrogen and oxygen atoms in total. The fourth-order valence-corrected chi connectivity index (χ4v) is 3.15. The fourth-order valence-electron chi connectivity index (χ4n) is 3.15. The number of fused-ring (bicyclic) bond motifs is 3. The first kappa shape index (κ1) is 13.3. The van der Waals surface area contributed by atoms with Gasteiger partial charge < -0.3 is 15.3 Å². The molecule has 1 aromatic carbocycles. The van der Waals surface area contributed by atoms with E-state index in [0.29, 0.717) is 5.92 Å². The summed E-state index contributed by atoms with van der Waals surface area (Å²) in [6.45, 7) is 2.96. The van der Waals surface area contributed by atoms with Crippen molar-refractivity contribution < 1.29 is 18.7 Å². The molecule has 1 unspecified atom stereocenters. The van der Waals surface area contributed by atoms with E-state index in [1.54, 1.807) is 0 Å². The SMILES string of the molecule is O=C(O)c1ccc(NC2CN3CCC2CC3)c(F)c1F. The first-order valence-electron chi connectivity index (χ1n) is 6.76. The molecule has 0 aromatic heterocycles. The van der Waals surface area contributed by atoms with Crippen LogP contribution in [0.4, 0.5) is 14.5 Å². The van der Waals surface area contributed by atoms with Gasteiger partial charge in [0.2, 0.25) is 0 Å². The first-order chi connectivity index (χ1) is 9.56. The van der Waals surface area contributed by atoms with Gasteiger partial charge in [-0.15, -0.1) is 0 Å². The second-order valence-electron chi connectivity index (χ2n) is 5.48. The maximum absolute atomic E-state index is 13.9. The van der Waals surface area contributed by atoms with Gasteiger partial charge in [0, 0.05) is 12.6 Å². The normalized spacial score (nSPS) is 28.4.